The fraction of sp³-hybridized carbons (Fsp3) is 0.500. The van der Waals surface area contributed by atoms with Gasteiger partial charge in [-0.05, 0) is 37.1 Å². The van der Waals surface area contributed by atoms with Crippen LogP contribution in [0.3, 0.4) is 0 Å². The number of likely N-dealkylation sites (N-methyl/N-ethyl adjacent to an activating group) is 1. The van der Waals surface area contributed by atoms with Crippen molar-refractivity contribution in [2.45, 2.75) is 38.4 Å². The van der Waals surface area contributed by atoms with Gasteiger partial charge in [0.2, 0.25) is 0 Å². The number of carboxylic acid groups (broad SMARTS) is 1. The van der Waals surface area contributed by atoms with E-state index >= 15 is 0 Å². The Morgan fingerprint density at radius 1 is 1.38 bits per heavy atom. The second kappa shape index (κ2) is 7.96. The Bertz CT molecular complexity index is 605. The SMILES string of the molecule is CCN(CC(=O)O)C1CC(NC(=O)NCc2ccc(O)c(F)c2)C1. The summed E-state index contributed by atoms with van der Waals surface area (Å²) in [6.07, 6.45) is 1.42. The van der Waals surface area contributed by atoms with Crippen LogP contribution < -0.4 is 10.6 Å². The van der Waals surface area contributed by atoms with Gasteiger partial charge >= 0.3 is 12.0 Å². The number of carbonyl (C=O) groups is 2. The molecule has 0 spiro atoms. The topological polar surface area (TPSA) is 102 Å². The van der Waals surface area contributed by atoms with Gasteiger partial charge in [0.15, 0.2) is 11.6 Å². The molecule has 0 bridgehead atoms. The van der Waals surface area contributed by atoms with Gasteiger partial charge in [-0.15, -0.1) is 0 Å². The number of rotatable bonds is 7. The molecule has 24 heavy (non-hydrogen) atoms. The molecule has 1 aromatic rings. The Balaban J connectivity index is 1.70. The summed E-state index contributed by atoms with van der Waals surface area (Å²) >= 11 is 0. The van der Waals surface area contributed by atoms with Crippen LogP contribution in [-0.2, 0) is 11.3 Å². The predicted octanol–water partition coefficient (Wildman–Crippen LogP) is 1.27. The lowest BCUT2D eigenvalue weighted by Gasteiger charge is -2.42. The first kappa shape index (κ1) is 18.0. The zero-order chi connectivity index (χ0) is 17.7. The molecular weight excluding hydrogens is 317 g/mol. The summed E-state index contributed by atoms with van der Waals surface area (Å²) in [6, 6.07) is 3.76. The number of halogens is 1. The van der Waals surface area contributed by atoms with Crippen molar-refractivity contribution in [1.82, 2.24) is 15.5 Å². The van der Waals surface area contributed by atoms with Crippen molar-refractivity contribution in [2.75, 3.05) is 13.1 Å². The Labute approximate surface area is 139 Å². The summed E-state index contributed by atoms with van der Waals surface area (Å²) in [5.74, 6) is -2.01. The van der Waals surface area contributed by atoms with Crippen LogP contribution in [0.15, 0.2) is 18.2 Å². The van der Waals surface area contributed by atoms with E-state index < -0.39 is 17.5 Å². The van der Waals surface area contributed by atoms with E-state index in [-0.39, 0.29) is 31.2 Å². The minimum Gasteiger partial charge on any atom is -0.505 e. The smallest absolute Gasteiger partial charge is 0.317 e. The fourth-order valence-electron chi connectivity index (χ4n) is 2.76. The normalized spacial score (nSPS) is 19.6. The van der Waals surface area contributed by atoms with Gasteiger partial charge in [0.25, 0.3) is 0 Å². The number of aromatic hydroxyl groups is 1. The van der Waals surface area contributed by atoms with Crippen LogP contribution in [0.1, 0.15) is 25.3 Å². The van der Waals surface area contributed by atoms with Gasteiger partial charge in [-0.2, -0.15) is 0 Å². The summed E-state index contributed by atoms with van der Waals surface area (Å²) in [4.78, 5) is 24.5. The van der Waals surface area contributed by atoms with Gasteiger partial charge in [-0.3, -0.25) is 9.69 Å². The number of hydrogen-bond donors (Lipinski definition) is 4. The van der Waals surface area contributed by atoms with Crippen LogP contribution in [-0.4, -0.2) is 52.3 Å². The quantitative estimate of drug-likeness (QED) is 0.599. The van der Waals surface area contributed by atoms with Crippen molar-refractivity contribution in [1.29, 1.82) is 0 Å². The van der Waals surface area contributed by atoms with Crippen LogP contribution in [0.2, 0.25) is 0 Å². The summed E-state index contributed by atoms with van der Waals surface area (Å²) in [6.45, 7) is 2.72. The van der Waals surface area contributed by atoms with E-state index in [0.29, 0.717) is 24.9 Å². The minimum atomic E-state index is -0.855. The predicted molar refractivity (Wildman–Crippen MR) is 85.1 cm³/mol. The number of hydrogen-bond acceptors (Lipinski definition) is 4. The number of benzene rings is 1. The number of carbonyl (C=O) groups excluding carboxylic acids is 1. The van der Waals surface area contributed by atoms with Gasteiger partial charge in [-0.1, -0.05) is 13.0 Å². The van der Waals surface area contributed by atoms with Crippen molar-refractivity contribution in [3.05, 3.63) is 29.6 Å². The molecule has 4 N–H and O–H groups in total. The summed E-state index contributed by atoms with van der Waals surface area (Å²) in [5.41, 5.74) is 0.547. The monoisotopic (exact) mass is 339 g/mol. The molecule has 132 valence electrons. The zero-order valence-electron chi connectivity index (χ0n) is 13.5. The Morgan fingerprint density at radius 3 is 2.67 bits per heavy atom. The largest absolute Gasteiger partial charge is 0.505 e. The van der Waals surface area contributed by atoms with Crippen LogP contribution in [0.4, 0.5) is 9.18 Å². The molecule has 1 saturated carbocycles. The number of nitrogens with one attached hydrogen (secondary N) is 2. The molecule has 0 heterocycles. The Hall–Kier alpha value is -2.35. The molecule has 0 atom stereocenters. The van der Waals surface area contributed by atoms with Gasteiger partial charge in [0.1, 0.15) is 0 Å². The molecular formula is C16H22FN3O4. The van der Waals surface area contributed by atoms with Crippen molar-refractivity contribution < 1.29 is 24.2 Å². The first-order chi connectivity index (χ1) is 11.4. The molecule has 0 aliphatic heterocycles. The maximum Gasteiger partial charge on any atom is 0.317 e. The van der Waals surface area contributed by atoms with Crippen molar-refractivity contribution in [3.63, 3.8) is 0 Å². The van der Waals surface area contributed by atoms with E-state index in [1.54, 1.807) is 0 Å². The number of phenols is 1. The average molecular weight is 339 g/mol. The minimum absolute atomic E-state index is 0.00645. The maximum atomic E-state index is 13.2. The van der Waals surface area contributed by atoms with Gasteiger partial charge in [0.05, 0.1) is 6.54 Å². The van der Waals surface area contributed by atoms with Crippen LogP contribution in [0.25, 0.3) is 0 Å². The number of urea groups is 1. The van der Waals surface area contributed by atoms with E-state index in [2.05, 4.69) is 10.6 Å². The summed E-state index contributed by atoms with van der Waals surface area (Å²) in [7, 11) is 0. The molecule has 1 fully saturated rings. The van der Waals surface area contributed by atoms with Crippen molar-refractivity contribution in [2.24, 2.45) is 0 Å². The highest BCUT2D eigenvalue weighted by molar-refractivity contribution is 5.74. The number of aliphatic carboxylic acids is 1. The lowest BCUT2D eigenvalue weighted by Crippen LogP contribution is -2.56. The third-order valence-electron chi connectivity index (χ3n) is 4.17. The highest BCUT2D eigenvalue weighted by Crippen LogP contribution is 2.25. The number of carboxylic acids is 1. The van der Waals surface area contributed by atoms with E-state index in [1.165, 1.54) is 18.2 Å². The molecule has 2 rings (SSSR count). The molecule has 1 aliphatic carbocycles. The molecule has 2 amide bonds. The highest BCUT2D eigenvalue weighted by atomic mass is 19.1. The molecule has 1 aromatic carbocycles. The Morgan fingerprint density at radius 2 is 2.08 bits per heavy atom. The van der Waals surface area contributed by atoms with E-state index in [9.17, 15) is 14.0 Å². The van der Waals surface area contributed by atoms with Crippen LogP contribution >= 0.6 is 0 Å². The molecule has 0 unspecified atom stereocenters. The van der Waals surface area contributed by atoms with Crippen molar-refractivity contribution in [3.8, 4) is 5.75 Å². The second-order valence-corrected chi connectivity index (χ2v) is 5.89. The molecule has 0 radical (unpaired) electrons. The lowest BCUT2D eigenvalue weighted by atomic mass is 9.85. The van der Waals surface area contributed by atoms with E-state index in [4.69, 9.17) is 10.2 Å². The molecule has 8 heteroatoms. The summed E-state index contributed by atoms with van der Waals surface area (Å²) in [5, 5.41) is 23.4. The fourth-order valence-corrected chi connectivity index (χ4v) is 2.76. The first-order valence-corrected chi connectivity index (χ1v) is 7.86. The summed E-state index contributed by atoms with van der Waals surface area (Å²) < 4.78 is 13.2. The second-order valence-electron chi connectivity index (χ2n) is 5.89. The molecule has 0 saturated heterocycles. The standard InChI is InChI=1S/C16H22FN3O4/c1-2-20(9-15(22)23)12-6-11(7-12)19-16(24)18-8-10-3-4-14(21)13(17)5-10/h3-5,11-12,21H,2,6-9H2,1H3,(H,22,23)(H2,18,19,24). The van der Waals surface area contributed by atoms with Gasteiger partial charge in [0, 0.05) is 18.6 Å². The number of nitrogens with zero attached hydrogens (tertiary/aromatic N) is 1. The average Bonchev–Trinajstić information content (AvgIpc) is 2.49. The third kappa shape index (κ3) is 4.82. The van der Waals surface area contributed by atoms with E-state index in [1.807, 2.05) is 11.8 Å². The molecule has 0 aromatic heterocycles. The van der Waals surface area contributed by atoms with E-state index in [0.717, 1.165) is 0 Å². The van der Waals surface area contributed by atoms with Gasteiger partial charge < -0.3 is 20.8 Å². The van der Waals surface area contributed by atoms with Crippen molar-refractivity contribution >= 4 is 12.0 Å². The van der Waals surface area contributed by atoms with Crippen LogP contribution in [0.5, 0.6) is 5.75 Å². The number of phenolic OH excluding ortho intramolecular Hbond substituents is 1. The maximum absolute atomic E-state index is 13.2. The number of amides is 2. The van der Waals surface area contributed by atoms with Crippen LogP contribution in [0, 0.1) is 5.82 Å². The lowest BCUT2D eigenvalue weighted by molar-refractivity contribution is -0.139. The third-order valence-corrected chi connectivity index (χ3v) is 4.17. The van der Waals surface area contributed by atoms with Gasteiger partial charge in [-0.25, -0.2) is 9.18 Å². The molecule has 7 nitrogen and oxygen atoms in total. The first-order valence-electron chi connectivity index (χ1n) is 7.86. The highest BCUT2D eigenvalue weighted by Gasteiger charge is 2.34. The molecule has 1 aliphatic rings. The zero-order valence-corrected chi connectivity index (χ0v) is 13.5. The Kier molecular flexibility index (Phi) is 5.97.